The Labute approximate surface area is 110 Å². The van der Waals surface area contributed by atoms with E-state index in [4.69, 9.17) is 0 Å². The van der Waals surface area contributed by atoms with Crippen LogP contribution in [0, 0.1) is 0 Å². The zero-order valence-corrected chi connectivity index (χ0v) is 11.0. The number of rotatable bonds is 5. The summed E-state index contributed by atoms with van der Waals surface area (Å²) in [5.41, 5.74) is 2.71. The molecular formula is C17H22O. The van der Waals surface area contributed by atoms with Gasteiger partial charge in [-0.05, 0) is 50.2 Å². The minimum absolute atomic E-state index is 0.322. The lowest BCUT2D eigenvalue weighted by atomic mass is 9.93. The summed E-state index contributed by atoms with van der Waals surface area (Å²) in [6, 6.07) is 10.4. The average Bonchev–Trinajstić information content (AvgIpc) is 2.41. The minimum atomic E-state index is 0.322. The van der Waals surface area contributed by atoms with Crippen molar-refractivity contribution in [2.75, 3.05) is 0 Å². The van der Waals surface area contributed by atoms with Crippen molar-refractivity contribution in [3.63, 3.8) is 0 Å². The Kier molecular flexibility index (Phi) is 5.19. The normalized spacial score (nSPS) is 15.4. The van der Waals surface area contributed by atoms with E-state index in [9.17, 15) is 4.79 Å². The highest BCUT2D eigenvalue weighted by molar-refractivity contribution is 5.90. The van der Waals surface area contributed by atoms with Gasteiger partial charge in [0.25, 0.3) is 0 Å². The predicted molar refractivity (Wildman–Crippen MR) is 75.6 cm³/mol. The van der Waals surface area contributed by atoms with Gasteiger partial charge in [0, 0.05) is 6.42 Å². The molecule has 0 radical (unpaired) electrons. The number of hydrogen-bond donors (Lipinski definition) is 0. The molecule has 0 aliphatic heterocycles. The summed E-state index contributed by atoms with van der Waals surface area (Å²) in [5, 5.41) is 0. The quantitative estimate of drug-likeness (QED) is 0.696. The first-order valence-corrected chi connectivity index (χ1v) is 7.11. The molecule has 1 heteroatoms. The van der Waals surface area contributed by atoms with Crippen molar-refractivity contribution >= 4 is 5.78 Å². The maximum absolute atomic E-state index is 11.8. The summed E-state index contributed by atoms with van der Waals surface area (Å²) in [6.45, 7) is 0. The summed E-state index contributed by atoms with van der Waals surface area (Å²) in [5.74, 6) is 0.322. The van der Waals surface area contributed by atoms with Gasteiger partial charge in [0.15, 0.2) is 5.78 Å². The first kappa shape index (κ1) is 13.1. The molecule has 0 spiro atoms. The molecule has 2 rings (SSSR count). The molecule has 18 heavy (non-hydrogen) atoms. The molecule has 1 saturated carbocycles. The topological polar surface area (TPSA) is 17.1 Å². The van der Waals surface area contributed by atoms with Crippen LogP contribution in [-0.2, 0) is 11.2 Å². The van der Waals surface area contributed by atoms with Crippen molar-refractivity contribution in [3.05, 3.63) is 47.5 Å². The van der Waals surface area contributed by atoms with Gasteiger partial charge < -0.3 is 0 Å². The van der Waals surface area contributed by atoms with Crippen LogP contribution in [0.15, 0.2) is 42.0 Å². The highest BCUT2D eigenvalue weighted by Gasteiger charge is 2.07. The summed E-state index contributed by atoms with van der Waals surface area (Å²) >= 11 is 0. The van der Waals surface area contributed by atoms with Crippen LogP contribution >= 0.6 is 0 Å². The van der Waals surface area contributed by atoms with E-state index >= 15 is 0 Å². The molecule has 1 aromatic carbocycles. The minimum Gasteiger partial charge on any atom is -0.295 e. The molecule has 0 unspecified atom stereocenters. The molecule has 0 aromatic heterocycles. The second kappa shape index (κ2) is 7.15. The SMILES string of the molecule is O=C(C=C1CCCCC1)CCCc1ccccc1. The second-order valence-corrected chi connectivity index (χ2v) is 5.17. The number of allylic oxidation sites excluding steroid dienone is 2. The predicted octanol–water partition coefficient (Wildman–Crippen LogP) is 4.47. The van der Waals surface area contributed by atoms with E-state index in [-0.39, 0.29) is 0 Å². The van der Waals surface area contributed by atoms with Crippen molar-refractivity contribution in [1.82, 2.24) is 0 Å². The van der Waals surface area contributed by atoms with Crippen molar-refractivity contribution in [1.29, 1.82) is 0 Å². The summed E-state index contributed by atoms with van der Waals surface area (Å²) < 4.78 is 0. The summed E-state index contributed by atoms with van der Waals surface area (Å²) in [4.78, 5) is 11.8. The van der Waals surface area contributed by atoms with Gasteiger partial charge in [-0.3, -0.25) is 4.79 Å². The van der Waals surface area contributed by atoms with E-state index in [2.05, 4.69) is 24.3 Å². The Morgan fingerprint density at radius 2 is 1.78 bits per heavy atom. The molecule has 0 atom stereocenters. The zero-order valence-electron chi connectivity index (χ0n) is 11.0. The molecule has 1 aliphatic rings. The van der Waals surface area contributed by atoms with E-state index in [1.165, 1.54) is 30.4 Å². The monoisotopic (exact) mass is 242 g/mol. The maximum atomic E-state index is 11.8. The van der Waals surface area contributed by atoms with Crippen molar-refractivity contribution in [2.24, 2.45) is 0 Å². The van der Waals surface area contributed by atoms with Crippen LogP contribution in [0.25, 0.3) is 0 Å². The Hall–Kier alpha value is -1.37. The van der Waals surface area contributed by atoms with E-state index in [0.29, 0.717) is 12.2 Å². The fraction of sp³-hybridized carbons (Fsp3) is 0.471. The van der Waals surface area contributed by atoms with Gasteiger partial charge in [0.1, 0.15) is 0 Å². The largest absolute Gasteiger partial charge is 0.295 e. The van der Waals surface area contributed by atoms with Crippen molar-refractivity contribution < 1.29 is 4.79 Å². The van der Waals surface area contributed by atoms with E-state index in [1.54, 1.807) is 0 Å². The van der Waals surface area contributed by atoms with Gasteiger partial charge in [-0.2, -0.15) is 0 Å². The number of aryl methyl sites for hydroxylation is 1. The lowest BCUT2D eigenvalue weighted by Gasteiger charge is -2.12. The standard InChI is InChI=1S/C17H22O/c18-17(14-16-10-5-2-6-11-16)13-7-12-15-8-3-1-4-9-15/h1,3-4,8-9,14H,2,5-7,10-13H2. The molecule has 0 amide bonds. The number of carbonyl (C=O) groups excluding carboxylic acids is 1. The van der Waals surface area contributed by atoms with Crippen LogP contribution in [-0.4, -0.2) is 5.78 Å². The molecule has 1 aliphatic carbocycles. The third kappa shape index (κ3) is 4.48. The fourth-order valence-corrected chi connectivity index (χ4v) is 2.56. The Morgan fingerprint density at radius 3 is 2.50 bits per heavy atom. The lowest BCUT2D eigenvalue weighted by Crippen LogP contribution is -2.00. The molecule has 96 valence electrons. The van der Waals surface area contributed by atoms with Gasteiger partial charge in [-0.15, -0.1) is 0 Å². The number of ketones is 1. The molecule has 1 fully saturated rings. The van der Waals surface area contributed by atoms with Crippen molar-refractivity contribution in [2.45, 2.75) is 51.4 Å². The van der Waals surface area contributed by atoms with Crippen LogP contribution < -0.4 is 0 Å². The van der Waals surface area contributed by atoms with Crippen LogP contribution in [0.5, 0.6) is 0 Å². The number of benzene rings is 1. The first-order chi connectivity index (χ1) is 8.84. The van der Waals surface area contributed by atoms with E-state index in [1.807, 2.05) is 12.1 Å². The molecule has 0 saturated heterocycles. The average molecular weight is 242 g/mol. The van der Waals surface area contributed by atoms with Crippen LogP contribution in [0.4, 0.5) is 0 Å². The second-order valence-electron chi connectivity index (χ2n) is 5.17. The van der Waals surface area contributed by atoms with E-state index < -0.39 is 0 Å². The first-order valence-electron chi connectivity index (χ1n) is 7.11. The van der Waals surface area contributed by atoms with Gasteiger partial charge in [-0.25, -0.2) is 0 Å². The molecule has 0 heterocycles. The Morgan fingerprint density at radius 1 is 1.06 bits per heavy atom. The molecule has 1 aromatic rings. The summed E-state index contributed by atoms with van der Waals surface area (Å²) in [7, 11) is 0. The Bertz CT molecular complexity index is 395. The van der Waals surface area contributed by atoms with Crippen LogP contribution in [0.2, 0.25) is 0 Å². The summed E-state index contributed by atoms with van der Waals surface area (Å²) in [6.07, 6.45) is 10.7. The highest BCUT2D eigenvalue weighted by Crippen LogP contribution is 2.22. The molecule has 0 bridgehead atoms. The molecular weight excluding hydrogens is 220 g/mol. The van der Waals surface area contributed by atoms with Gasteiger partial charge in [0.2, 0.25) is 0 Å². The van der Waals surface area contributed by atoms with Crippen molar-refractivity contribution in [3.8, 4) is 0 Å². The zero-order chi connectivity index (χ0) is 12.6. The fourth-order valence-electron chi connectivity index (χ4n) is 2.56. The highest BCUT2D eigenvalue weighted by atomic mass is 16.1. The smallest absolute Gasteiger partial charge is 0.155 e. The molecule has 0 N–H and O–H groups in total. The van der Waals surface area contributed by atoms with Crippen LogP contribution in [0.1, 0.15) is 50.5 Å². The van der Waals surface area contributed by atoms with E-state index in [0.717, 1.165) is 25.7 Å². The maximum Gasteiger partial charge on any atom is 0.155 e. The number of carbonyl (C=O) groups is 1. The van der Waals surface area contributed by atoms with Crippen LogP contribution in [0.3, 0.4) is 0 Å². The van der Waals surface area contributed by atoms with Gasteiger partial charge >= 0.3 is 0 Å². The lowest BCUT2D eigenvalue weighted by molar-refractivity contribution is -0.114. The third-order valence-corrected chi connectivity index (χ3v) is 3.59. The Balaban J connectivity index is 1.71. The third-order valence-electron chi connectivity index (χ3n) is 3.59. The van der Waals surface area contributed by atoms with Gasteiger partial charge in [-0.1, -0.05) is 42.3 Å². The number of hydrogen-bond acceptors (Lipinski definition) is 1. The molecule has 1 nitrogen and oxygen atoms in total. The van der Waals surface area contributed by atoms with Gasteiger partial charge in [0.05, 0.1) is 0 Å².